The molecule has 0 spiro atoms. The third-order valence-electron chi connectivity index (χ3n) is 5.14. The van der Waals surface area contributed by atoms with Crippen molar-refractivity contribution in [2.45, 2.75) is 19.8 Å². The van der Waals surface area contributed by atoms with E-state index < -0.39 is 10.0 Å². The van der Waals surface area contributed by atoms with Gasteiger partial charge in [0.05, 0.1) is 32.6 Å². The van der Waals surface area contributed by atoms with Gasteiger partial charge in [0.2, 0.25) is 10.0 Å². The van der Waals surface area contributed by atoms with Crippen molar-refractivity contribution in [2.24, 2.45) is 0 Å². The van der Waals surface area contributed by atoms with Gasteiger partial charge in [-0.15, -0.1) is 0 Å². The first-order chi connectivity index (χ1) is 16.2. The van der Waals surface area contributed by atoms with Gasteiger partial charge in [-0.2, -0.15) is 0 Å². The lowest BCUT2D eigenvalue weighted by Crippen LogP contribution is -2.09. The number of hydrogen-bond acceptors (Lipinski definition) is 7. The zero-order valence-corrected chi connectivity index (χ0v) is 20.4. The van der Waals surface area contributed by atoms with Crippen LogP contribution in [0.3, 0.4) is 0 Å². The summed E-state index contributed by atoms with van der Waals surface area (Å²) in [5, 5.41) is 21.6. The molecule has 3 aromatic rings. The molecular formula is C25H29NO7S. The predicted octanol–water partition coefficient (Wildman–Crippen LogP) is 5.00. The highest BCUT2D eigenvalue weighted by molar-refractivity contribution is 7.92. The van der Waals surface area contributed by atoms with Crippen molar-refractivity contribution in [1.82, 2.24) is 0 Å². The highest BCUT2D eigenvalue weighted by atomic mass is 32.2. The number of phenols is 2. The van der Waals surface area contributed by atoms with Gasteiger partial charge in [-0.1, -0.05) is 31.5 Å². The van der Waals surface area contributed by atoms with Gasteiger partial charge in [-0.3, -0.25) is 4.72 Å². The first-order valence-corrected chi connectivity index (χ1v) is 12.6. The molecular weight excluding hydrogens is 458 g/mol. The lowest BCUT2D eigenvalue weighted by atomic mass is 9.96. The molecule has 0 saturated carbocycles. The Kier molecular flexibility index (Phi) is 7.78. The Labute approximate surface area is 199 Å². The minimum Gasteiger partial charge on any atom is -0.504 e. The Balaban J connectivity index is 2.05. The summed E-state index contributed by atoms with van der Waals surface area (Å²) in [4.78, 5) is 0. The minimum absolute atomic E-state index is 0.0490. The van der Waals surface area contributed by atoms with E-state index >= 15 is 0 Å². The second kappa shape index (κ2) is 10.6. The van der Waals surface area contributed by atoms with Gasteiger partial charge in [0.25, 0.3) is 0 Å². The lowest BCUT2D eigenvalue weighted by Gasteiger charge is -2.18. The van der Waals surface area contributed by atoms with E-state index in [2.05, 4.69) is 11.6 Å². The van der Waals surface area contributed by atoms with Gasteiger partial charge in [-0.05, 0) is 47.9 Å². The zero-order chi connectivity index (χ0) is 24.9. The number of unbranched alkanes of at least 4 members (excludes halogenated alkanes) is 1. The fourth-order valence-corrected chi connectivity index (χ4v) is 4.11. The van der Waals surface area contributed by atoms with Crippen LogP contribution >= 0.6 is 0 Å². The summed E-state index contributed by atoms with van der Waals surface area (Å²) < 4.78 is 42.0. The van der Waals surface area contributed by atoms with Crippen molar-refractivity contribution in [3.8, 4) is 51.0 Å². The van der Waals surface area contributed by atoms with Crippen LogP contribution in [-0.2, 0) is 10.0 Å². The van der Waals surface area contributed by atoms with E-state index in [1.54, 1.807) is 42.5 Å². The number of nitrogens with one attached hydrogen (secondary N) is 1. The fourth-order valence-electron chi connectivity index (χ4n) is 3.54. The quantitative estimate of drug-likeness (QED) is 0.345. The van der Waals surface area contributed by atoms with Crippen LogP contribution < -0.4 is 18.9 Å². The number of sulfonamides is 1. The van der Waals surface area contributed by atoms with Crippen molar-refractivity contribution < 1.29 is 32.8 Å². The first kappa shape index (κ1) is 25.0. The van der Waals surface area contributed by atoms with Crippen LogP contribution in [-0.4, -0.2) is 45.7 Å². The van der Waals surface area contributed by atoms with Crippen LogP contribution in [0.4, 0.5) is 5.69 Å². The molecule has 0 atom stereocenters. The maximum Gasteiger partial charge on any atom is 0.229 e. The van der Waals surface area contributed by atoms with Gasteiger partial charge in [-0.25, -0.2) is 8.42 Å². The maximum absolute atomic E-state index is 11.5. The van der Waals surface area contributed by atoms with E-state index in [1.807, 2.05) is 0 Å². The number of phenolic OH excluding ortho intramolecular Hbond substituents is 2. The first-order valence-electron chi connectivity index (χ1n) is 10.7. The third kappa shape index (κ3) is 5.66. The van der Waals surface area contributed by atoms with E-state index in [4.69, 9.17) is 14.2 Å². The second-order valence-corrected chi connectivity index (χ2v) is 9.47. The average molecular weight is 488 g/mol. The zero-order valence-electron chi connectivity index (χ0n) is 19.6. The molecule has 8 nitrogen and oxygen atoms in total. The Morgan fingerprint density at radius 3 is 2.15 bits per heavy atom. The van der Waals surface area contributed by atoms with E-state index in [0.717, 1.165) is 19.1 Å². The molecule has 0 saturated heterocycles. The Hall–Kier alpha value is -3.59. The molecule has 34 heavy (non-hydrogen) atoms. The van der Waals surface area contributed by atoms with Crippen LogP contribution in [0.5, 0.6) is 28.7 Å². The Bertz CT molecular complexity index is 1260. The van der Waals surface area contributed by atoms with E-state index in [1.165, 1.54) is 20.3 Å². The van der Waals surface area contributed by atoms with Gasteiger partial charge in [0.1, 0.15) is 5.75 Å². The molecule has 9 heteroatoms. The summed E-state index contributed by atoms with van der Waals surface area (Å²) in [6, 6.07) is 13.2. The molecule has 0 unspecified atom stereocenters. The van der Waals surface area contributed by atoms with Gasteiger partial charge >= 0.3 is 0 Å². The molecule has 0 heterocycles. The fraction of sp³-hybridized carbons (Fsp3) is 0.280. The van der Waals surface area contributed by atoms with Crippen molar-refractivity contribution in [1.29, 1.82) is 0 Å². The van der Waals surface area contributed by atoms with Crippen molar-refractivity contribution in [3.05, 3.63) is 48.5 Å². The van der Waals surface area contributed by atoms with Gasteiger partial charge in [0, 0.05) is 11.3 Å². The molecule has 182 valence electrons. The summed E-state index contributed by atoms with van der Waals surface area (Å²) in [5.41, 5.74) is 2.52. The van der Waals surface area contributed by atoms with Crippen LogP contribution in [0.15, 0.2) is 48.5 Å². The van der Waals surface area contributed by atoms with Crippen LogP contribution in [0.2, 0.25) is 0 Å². The third-order valence-corrected chi connectivity index (χ3v) is 5.75. The summed E-state index contributed by atoms with van der Waals surface area (Å²) in [5.74, 6) is 0.733. The number of rotatable bonds is 10. The van der Waals surface area contributed by atoms with E-state index in [-0.39, 0.29) is 17.2 Å². The number of methoxy groups -OCH3 is 2. The molecule has 0 radical (unpaired) electrons. The highest BCUT2D eigenvalue weighted by Crippen LogP contribution is 2.50. The van der Waals surface area contributed by atoms with Crippen molar-refractivity contribution >= 4 is 15.7 Å². The number of aromatic hydroxyl groups is 2. The molecule has 0 aliphatic rings. The summed E-state index contributed by atoms with van der Waals surface area (Å²) in [7, 11) is -0.476. The number of benzene rings is 3. The Morgan fingerprint density at radius 2 is 1.59 bits per heavy atom. The molecule has 0 amide bonds. The van der Waals surface area contributed by atoms with E-state index in [9.17, 15) is 18.6 Å². The van der Waals surface area contributed by atoms with Crippen molar-refractivity contribution in [2.75, 3.05) is 31.8 Å². The van der Waals surface area contributed by atoms with Gasteiger partial charge < -0.3 is 24.4 Å². The molecule has 0 aliphatic heterocycles. The van der Waals surface area contributed by atoms with Crippen LogP contribution in [0, 0.1) is 0 Å². The molecule has 0 bridgehead atoms. The molecule has 0 fully saturated rings. The molecule has 3 N–H and O–H groups in total. The minimum atomic E-state index is -3.40. The SMILES string of the molecule is CCCCOc1ccc(-c2c(OC)cc(-c3ccc(NS(C)(=O)=O)cc3)c(OC)c2O)cc1O. The molecule has 0 aromatic heterocycles. The van der Waals surface area contributed by atoms with E-state index in [0.29, 0.717) is 46.0 Å². The standard InChI is InChI=1S/C25H29NO7S/c1-5-6-13-33-21-12-9-17(14-20(21)27)23-22(31-2)15-19(25(32-3)24(23)28)16-7-10-18(11-8-16)26-34(4,29)30/h7-12,14-15,26-28H,5-6,13H2,1-4H3. The number of hydrogen-bond donors (Lipinski definition) is 3. The number of ether oxygens (including phenoxy) is 3. The van der Waals surface area contributed by atoms with Crippen molar-refractivity contribution in [3.63, 3.8) is 0 Å². The molecule has 3 rings (SSSR count). The topological polar surface area (TPSA) is 114 Å². The number of anilines is 1. The second-order valence-electron chi connectivity index (χ2n) is 7.72. The average Bonchev–Trinajstić information content (AvgIpc) is 2.79. The summed E-state index contributed by atoms with van der Waals surface area (Å²) in [6.45, 7) is 2.55. The smallest absolute Gasteiger partial charge is 0.229 e. The molecule has 3 aromatic carbocycles. The lowest BCUT2D eigenvalue weighted by molar-refractivity contribution is 0.293. The maximum atomic E-state index is 11.5. The molecule has 0 aliphatic carbocycles. The Morgan fingerprint density at radius 1 is 0.912 bits per heavy atom. The van der Waals surface area contributed by atoms with Crippen LogP contribution in [0.1, 0.15) is 19.8 Å². The highest BCUT2D eigenvalue weighted by Gasteiger charge is 2.22. The monoisotopic (exact) mass is 487 g/mol. The largest absolute Gasteiger partial charge is 0.504 e. The predicted molar refractivity (Wildman–Crippen MR) is 133 cm³/mol. The van der Waals surface area contributed by atoms with Crippen LogP contribution in [0.25, 0.3) is 22.3 Å². The summed E-state index contributed by atoms with van der Waals surface area (Å²) >= 11 is 0. The summed E-state index contributed by atoms with van der Waals surface area (Å²) in [6.07, 6.45) is 2.93. The normalized spacial score (nSPS) is 11.2. The van der Waals surface area contributed by atoms with Gasteiger partial charge in [0.15, 0.2) is 23.0 Å².